The third kappa shape index (κ3) is 17.9. The number of hydrogen-bond acceptors (Lipinski definition) is 8. The molecule has 10 nitrogen and oxygen atoms in total. The Morgan fingerprint density at radius 2 is 1.18 bits per heavy atom. The van der Waals surface area contributed by atoms with Gasteiger partial charge in [0, 0.05) is 25.7 Å². The van der Waals surface area contributed by atoms with Crippen LogP contribution in [0.15, 0.2) is 0 Å². The van der Waals surface area contributed by atoms with Crippen LogP contribution >= 0.6 is 0 Å². The smallest absolute Gasteiger partial charge is 0.407 e. The topological polar surface area (TPSA) is 89.6 Å². The number of nitrogens with zero attached hydrogens (tertiary/aromatic N) is 4. The highest BCUT2D eigenvalue weighted by Crippen LogP contribution is 2.45. The van der Waals surface area contributed by atoms with Gasteiger partial charge in [-0.1, -0.05) is 20.8 Å². The van der Waals surface area contributed by atoms with Crippen molar-refractivity contribution in [3.8, 4) is 0 Å². The zero-order valence-electron chi connectivity index (χ0n) is 27.3. The molecule has 1 aliphatic rings. The van der Waals surface area contributed by atoms with E-state index >= 15 is 0 Å². The lowest BCUT2D eigenvalue weighted by atomic mass is 9.62. The molecular weight excluding hydrogens is 508 g/mol. The van der Waals surface area contributed by atoms with Crippen LogP contribution in [0.25, 0.3) is 0 Å². The van der Waals surface area contributed by atoms with E-state index in [9.17, 15) is 9.59 Å². The third-order valence-electron chi connectivity index (χ3n) is 7.55. The second kappa shape index (κ2) is 18.7. The summed E-state index contributed by atoms with van der Waals surface area (Å²) in [4.78, 5) is 33.8. The van der Waals surface area contributed by atoms with Crippen molar-refractivity contribution in [3.05, 3.63) is 0 Å². The fourth-order valence-electron chi connectivity index (χ4n) is 5.95. The van der Waals surface area contributed by atoms with Gasteiger partial charge in [0.05, 0.1) is 13.2 Å². The Morgan fingerprint density at radius 1 is 0.700 bits per heavy atom. The first-order valence-corrected chi connectivity index (χ1v) is 15.2. The Balaban J connectivity index is 2.33. The Kier molecular flexibility index (Phi) is 17.1. The summed E-state index contributed by atoms with van der Waals surface area (Å²) < 4.78 is 10.9. The van der Waals surface area contributed by atoms with E-state index < -0.39 is 0 Å². The molecule has 236 valence electrons. The fraction of sp³-hybridized carbons (Fsp3) is 0.933. The Morgan fingerprint density at radius 3 is 1.68 bits per heavy atom. The second-order valence-corrected chi connectivity index (χ2v) is 13.7. The minimum Gasteiger partial charge on any atom is -0.450 e. The van der Waals surface area contributed by atoms with E-state index in [1.165, 1.54) is 0 Å². The molecule has 0 bridgehead atoms. The van der Waals surface area contributed by atoms with Gasteiger partial charge in [-0.3, -0.25) is 0 Å². The molecule has 2 atom stereocenters. The van der Waals surface area contributed by atoms with Gasteiger partial charge in [-0.2, -0.15) is 0 Å². The molecule has 0 radical (unpaired) electrons. The number of nitrogens with one attached hydrogen (secondary N) is 2. The molecular formula is C30H62N6O4. The first-order valence-electron chi connectivity index (χ1n) is 15.2. The van der Waals surface area contributed by atoms with E-state index in [0.29, 0.717) is 19.8 Å². The van der Waals surface area contributed by atoms with Crippen LogP contribution in [0.1, 0.15) is 65.7 Å². The minimum atomic E-state index is -0.365. The van der Waals surface area contributed by atoms with E-state index in [1.807, 2.05) is 0 Å². The number of alkyl carbamates (subject to hydrolysis) is 2. The van der Waals surface area contributed by atoms with Gasteiger partial charge < -0.3 is 39.7 Å². The van der Waals surface area contributed by atoms with Crippen LogP contribution in [0.3, 0.4) is 0 Å². The zero-order chi connectivity index (χ0) is 30.2. The normalized spacial score (nSPS) is 20.8. The predicted molar refractivity (Wildman–Crippen MR) is 164 cm³/mol. The lowest BCUT2D eigenvalue weighted by molar-refractivity contribution is 0.0617. The second-order valence-electron chi connectivity index (χ2n) is 13.7. The Bertz CT molecular complexity index is 720. The van der Waals surface area contributed by atoms with Gasteiger partial charge in [-0.25, -0.2) is 9.59 Å². The van der Waals surface area contributed by atoms with Crippen molar-refractivity contribution in [2.45, 2.75) is 71.8 Å². The summed E-state index contributed by atoms with van der Waals surface area (Å²) in [5.41, 5.74) is -0.0936. The average Bonchev–Trinajstić information content (AvgIpc) is 2.81. The number of rotatable bonds is 19. The average molecular weight is 571 g/mol. The molecule has 1 fully saturated rings. The molecule has 0 aliphatic heterocycles. The summed E-state index contributed by atoms with van der Waals surface area (Å²) in [6.07, 6.45) is 5.82. The highest BCUT2D eigenvalue weighted by molar-refractivity contribution is 5.68. The molecule has 10 heteroatoms. The van der Waals surface area contributed by atoms with Gasteiger partial charge >= 0.3 is 12.2 Å². The van der Waals surface area contributed by atoms with Gasteiger partial charge in [0.1, 0.15) is 0 Å². The monoisotopic (exact) mass is 570 g/mol. The zero-order valence-corrected chi connectivity index (χ0v) is 27.3. The van der Waals surface area contributed by atoms with Crippen molar-refractivity contribution in [1.82, 2.24) is 30.2 Å². The van der Waals surface area contributed by atoms with Crippen molar-refractivity contribution < 1.29 is 19.1 Å². The van der Waals surface area contributed by atoms with Crippen LogP contribution in [-0.2, 0) is 9.47 Å². The van der Waals surface area contributed by atoms with E-state index in [4.69, 9.17) is 9.47 Å². The molecule has 1 saturated carbocycles. The lowest BCUT2D eigenvalue weighted by Gasteiger charge is -2.46. The minimum absolute atomic E-state index is 0.0100. The maximum Gasteiger partial charge on any atom is 0.407 e. The number of ether oxygens (including phenoxy) is 2. The van der Waals surface area contributed by atoms with Crippen LogP contribution in [-0.4, -0.2) is 139 Å². The van der Waals surface area contributed by atoms with E-state index in [-0.39, 0.29) is 29.1 Å². The molecule has 0 aromatic heterocycles. The summed E-state index contributed by atoms with van der Waals surface area (Å²) >= 11 is 0. The summed E-state index contributed by atoms with van der Waals surface area (Å²) in [6.45, 7) is 14.0. The van der Waals surface area contributed by atoms with Crippen molar-refractivity contribution in [2.75, 3.05) is 101 Å². The Labute approximate surface area is 245 Å². The summed E-state index contributed by atoms with van der Waals surface area (Å²) in [7, 11) is 12.6. The van der Waals surface area contributed by atoms with Gasteiger partial charge in [-0.05, 0) is 124 Å². The lowest BCUT2D eigenvalue weighted by Crippen LogP contribution is -2.50. The quantitative estimate of drug-likeness (QED) is 0.228. The first kappa shape index (κ1) is 36.4. The third-order valence-corrected chi connectivity index (χ3v) is 7.55. The predicted octanol–water partition coefficient (Wildman–Crippen LogP) is 3.57. The highest BCUT2D eigenvalue weighted by Gasteiger charge is 2.42. The van der Waals surface area contributed by atoms with Crippen LogP contribution < -0.4 is 10.6 Å². The van der Waals surface area contributed by atoms with Gasteiger partial charge in [0.15, 0.2) is 0 Å². The summed E-state index contributed by atoms with van der Waals surface area (Å²) in [5, 5.41) is 6.07. The fourth-order valence-corrected chi connectivity index (χ4v) is 5.95. The van der Waals surface area contributed by atoms with Crippen LogP contribution in [0.2, 0.25) is 0 Å². The Hall–Kier alpha value is -1.62. The van der Waals surface area contributed by atoms with Crippen molar-refractivity contribution in [2.24, 2.45) is 10.8 Å². The standard InChI is InChI=1S/C30H62N6O4/c1-29(2)22-26(32-28(38)40-21-13-19-36(9)17-11-15-34(6)7)23-30(3,24-29)25-31-27(37)39-20-12-18-35(8)16-10-14-33(4)5/h26H,10-25H2,1-9H3,(H,31,37)(H,32,38). The van der Waals surface area contributed by atoms with Gasteiger partial charge in [0.2, 0.25) is 0 Å². The number of carbonyl (C=O) groups is 2. The van der Waals surface area contributed by atoms with E-state index in [2.05, 4.69) is 93.3 Å². The molecule has 0 saturated heterocycles. The van der Waals surface area contributed by atoms with Gasteiger partial charge in [-0.15, -0.1) is 0 Å². The molecule has 1 aliphatic carbocycles. The SMILES string of the molecule is CN(C)CCCN(C)CCCOC(=O)NCC1(C)CC(NC(=O)OCCCN(C)CCCN(C)C)CC(C)(C)C1. The van der Waals surface area contributed by atoms with Crippen LogP contribution in [0.4, 0.5) is 9.59 Å². The number of amides is 2. The van der Waals surface area contributed by atoms with Crippen molar-refractivity contribution >= 4 is 12.2 Å². The van der Waals surface area contributed by atoms with Crippen molar-refractivity contribution in [3.63, 3.8) is 0 Å². The molecule has 40 heavy (non-hydrogen) atoms. The van der Waals surface area contributed by atoms with Crippen LogP contribution in [0, 0.1) is 10.8 Å². The molecule has 2 N–H and O–H groups in total. The maximum atomic E-state index is 12.5. The van der Waals surface area contributed by atoms with E-state index in [1.54, 1.807) is 0 Å². The summed E-state index contributed by atoms with van der Waals surface area (Å²) in [5.74, 6) is 0. The van der Waals surface area contributed by atoms with E-state index in [0.717, 1.165) is 84.2 Å². The largest absolute Gasteiger partial charge is 0.450 e. The first-order chi connectivity index (χ1) is 18.7. The summed E-state index contributed by atoms with van der Waals surface area (Å²) in [6, 6.07) is 0.0100. The molecule has 2 amide bonds. The highest BCUT2D eigenvalue weighted by atomic mass is 16.6. The number of hydrogen-bond donors (Lipinski definition) is 2. The molecule has 2 unspecified atom stereocenters. The molecule has 0 heterocycles. The molecule has 0 aromatic rings. The van der Waals surface area contributed by atoms with Crippen LogP contribution in [0.5, 0.6) is 0 Å². The molecule has 0 spiro atoms. The number of carbonyl (C=O) groups excluding carboxylic acids is 2. The molecule has 0 aromatic carbocycles. The maximum absolute atomic E-state index is 12.5. The van der Waals surface area contributed by atoms with Crippen molar-refractivity contribution in [1.29, 1.82) is 0 Å². The van der Waals surface area contributed by atoms with Gasteiger partial charge in [0.25, 0.3) is 0 Å². The molecule has 1 rings (SSSR count).